The van der Waals surface area contributed by atoms with Crippen LogP contribution in [0, 0.1) is 5.41 Å². The molecule has 16 heavy (non-hydrogen) atoms. The second kappa shape index (κ2) is 6.24. The number of carbonyl (C=O) groups excluding carboxylic acids is 1. The lowest BCUT2D eigenvalue weighted by Crippen LogP contribution is -2.42. The molecule has 1 rings (SSSR count). The van der Waals surface area contributed by atoms with E-state index >= 15 is 0 Å². The average molecular weight is 226 g/mol. The molecule has 0 heterocycles. The van der Waals surface area contributed by atoms with E-state index in [0.717, 1.165) is 32.4 Å². The molecule has 0 unspecified atom stereocenters. The maximum absolute atomic E-state index is 12.1. The smallest absolute Gasteiger partial charge is 0.226 e. The lowest BCUT2D eigenvalue weighted by Gasteiger charge is -2.26. The highest BCUT2D eigenvalue weighted by atomic mass is 16.2. The summed E-state index contributed by atoms with van der Waals surface area (Å²) < 4.78 is 0. The maximum atomic E-state index is 12.1. The molecule has 2 N–H and O–H groups in total. The Balaban J connectivity index is 2.28. The van der Waals surface area contributed by atoms with Crippen molar-refractivity contribution in [3.8, 4) is 0 Å². The fourth-order valence-electron chi connectivity index (χ4n) is 2.52. The molecule has 0 bridgehead atoms. The summed E-state index contributed by atoms with van der Waals surface area (Å²) in [5.41, 5.74) is -0.0438. The Kier molecular flexibility index (Phi) is 5.26. The van der Waals surface area contributed by atoms with Crippen LogP contribution in [0.2, 0.25) is 0 Å². The molecular formula is C13H26N2O. The van der Waals surface area contributed by atoms with Crippen LogP contribution in [-0.4, -0.2) is 25.0 Å². The SMILES string of the molecule is CCC1(C(=O)NCCNC(C)C)CCCC1. The quantitative estimate of drug-likeness (QED) is 0.681. The number of hydrogen-bond acceptors (Lipinski definition) is 2. The van der Waals surface area contributed by atoms with Crippen LogP contribution in [0.3, 0.4) is 0 Å². The number of carbonyl (C=O) groups is 1. The van der Waals surface area contributed by atoms with E-state index in [2.05, 4.69) is 31.4 Å². The highest BCUT2D eigenvalue weighted by molar-refractivity contribution is 5.82. The molecule has 0 radical (unpaired) electrons. The molecular weight excluding hydrogens is 200 g/mol. The first-order valence-electron chi connectivity index (χ1n) is 6.62. The Labute approximate surface area is 99.4 Å². The molecule has 1 aliphatic carbocycles. The molecule has 1 fully saturated rings. The summed E-state index contributed by atoms with van der Waals surface area (Å²) in [6.45, 7) is 7.98. The van der Waals surface area contributed by atoms with E-state index in [1.165, 1.54) is 12.8 Å². The van der Waals surface area contributed by atoms with Crippen molar-refractivity contribution in [3.05, 3.63) is 0 Å². The number of hydrogen-bond donors (Lipinski definition) is 2. The maximum Gasteiger partial charge on any atom is 0.226 e. The minimum atomic E-state index is -0.0438. The second-order valence-electron chi connectivity index (χ2n) is 5.21. The number of amides is 1. The molecule has 0 aliphatic heterocycles. The summed E-state index contributed by atoms with van der Waals surface area (Å²) in [5, 5.41) is 6.38. The van der Waals surface area contributed by atoms with Gasteiger partial charge >= 0.3 is 0 Å². The van der Waals surface area contributed by atoms with Crippen LogP contribution < -0.4 is 10.6 Å². The molecule has 1 amide bonds. The van der Waals surface area contributed by atoms with Crippen LogP contribution in [0.5, 0.6) is 0 Å². The van der Waals surface area contributed by atoms with Gasteiger partial charge in [-0.05, 0) is 19.3 Å². The Bertz CT molecular complexity index is 220. The van der Waals surface area contributed by atoms with Gasteiger partial charge in [-0.1, -0.05) is 33.6 Å². The van der Waals surface area contributed by atoms with Gasteiger partial charge in [0.25, 0.3) is 0 Å². The van der Waals surface area contributed by atoms with E-state index in [0.29, 0.717) is 6.04 Å². The van der Waals surface area contributed by atoms with Crippen molar-refractivity contribution >= 4 is 5.91 Å². The number of rotatable bonds is 6. The molecule has 1 saturated carbocycles. The van der Waals surface area contributed by atoms with Crippen molar-refractivity contribution in [1.82, 2.24) is 10.6 Å². The molecule has 94 valence electrons. The Morgan fingerprint density at radius 2 is 1.88 bits per heavy atom. The van der Waals surface area contributed by atoms with Gasteiger partial charge in [-0.2, -0.15) is 0 Å². The van der Waals surface area contributed by atoms with Gasteiger partial charge in [-0.25, -0.2) is 0 Å². The summed E-state index contributed by atoms with van der Waals surface area (Å²) in [4.78, 5) is 12.1. The zero-order chi connectivity index (χ0) is 12.0. The van der Waals surface area contributed by atoms with E-state index in [1.807, 2.05) is 0 Å². The molecule has 0 atom stereocenters. The first-order valence-corrected chi connectivity index (χ1v) is 6.62. The fourth-order valence-corrected chi connectivity index (χ4v) is 2.52. The van der Waals surface area contributed by atoms with Gasteiger partial charge < -0.3 is 10.6 Å². The van der Waals surface area contributed by atoms with Gasteiger partial charge in [0.15, 0.2) is 0 Å². The van der Waals surface area contributed by atoms with E-state index in [1.54, 1.807) is 0 Å². The molecule has 0 aromatic heterocycles. The van der Waals surface area contributed by atoms with Gasteiger partial charge in [0, 0.05) is 24.5 Å². The Hall–Kier alpha value is -0.570. The topological polar surface area (TPSA) is 41.1 Å². The second-order valence-corrected chi connectivity index (χ2v) is 5.21. The minimum Gasteiger partial charge on any atom is -0.354 e. The predicted octanol–water partition coefficient (Wildman–Crippen LogP) is 2.07. The third-order valence-electron chi connectivity index (χ3n) is 3.68. The minimum absolute atomic E-state index is 0.0438. The lowest BCUT2D eigenvalue weighted by molar-refractivity contribution is -0.131. The Morgan fingerprint density at radius 3 is 2.38 bits per heavy atom. The van der Waals surface area contributed by atoms with Crippen LogP contribution in [0.4, 0.5) is 0 Å². The summed E-state index contributed by atoms with van der Waals surface area (Å²) >= 11 is 0. The van der Waals surface area contributed by atoms with Crippen molar-refractivity contribution in [3.63, 3.8) is 0 Å². The van der Waals surface area contributed by atoms with Gasteiger partial charge in [-0.3, -0.25) is 4.79 Å². The molecule has 3 nitrogen and oxygen atoms in total. The highest BCUT2D eigenvalue weighted by Crippen LogP contribution is 2.40. The average Bonchev–Trinajstić information content (AvgIpc) is 2.73. The van der Waals surface area contributed by atoms with Crippen molar-refractivity contribution in [2.75, 3.05) is 13.1 Å². The van der Waals surface area contributed by atoms with Crippen molar-refractivity contribution < 1.29 is 4.79 Å². The van der Waals surface area contributed by atoms with E-state index in [4.69, 9.17) is 0 Å². The van der Waals surface area contributed by atoms with E-state index < -0.39 is 0 Å². The molecule has 0 saturated heterocycles. The fraction of sp³-hybridized carbons (Fsp3) is 0.923. The monoisotopic (exact) mass is 226 g/mol. The zero-order valence-corrected chi connectivity index (χ0v) is 10.9. The van der Waals surface area contributed by atoms with E-state index in [9.17, 15) is 4.79 Å². The van der Waals surface area contributed by atoms with Gasteiger partial charge in [-0.15, -0.1) is 0 Å². The number of nitrogens with one attached hydrogen (secondary N) is 2. The molecule has 3 heteroatoms. The molecule has 1 aliphatic rings. The van der Waals surface area contributed by atoms with Crippen LogP contribution in [0.1, 0.15) is 52.9 Å². The van der Waals surface area contributed by atoms with Gasteiger partial charge in [0.2, 0.25) is 5.91 Å². The van der Waals surface area contributed by atoms with Crippen LogP contribution in [0.15, 0.2) is 0 Å². The van der Waals surface area contributed by atoms with Crippen molar-refractivity contribution in [2.24, 2.45) is 5.41 Å². The third kappa shape index (κ3) is 3.48. The molecule has 0 spiro atoms. The van der Waals surface area contributed by atoms with Crippen LogP contribution in [0.25, 0.3) is 0 Å². The van der Waals surface area contributed by atoms with E-state index in [-0.39, 0.29) is 11.3 Å². The zero-order valence-electron chi connectivity index (χ0n) is 10.9. The van der Waals surface area contributed by atoms with Crippen molar-refractivity contribution in [2.45, 2.75) is 58.9 Å². The van der Waals surface area contributed by atoms with Crippen LogP contribution in [-0.2, 0) is 4.79 Å². The largest absolute Gasteiger partial charge is 0.354 e. The predicted molar refractivity (Wildman–Crippen MR) is 67.3 cm³/mol. The summed E-state index contributed by atoms with van der Waals surface area (Å²) in [7, 11) is 0. The van der Waals surface area contributed by atoms with Gasteiger partial charge in [0.05, 0.1) is 0 Å². The molecule has 0 aromatic rings. The third-order valence-corrected chi connectivity index (χ3v) is 3.68. The highest BCUT2D eigenvalue weighted by Gasteiger charge is 2.38. The molecule has 0 aromatic carbocycles. The first-order chi connectivity index (χ1) is 7.60. The first kappa shape index (κ1) is 13.5. The lowest BCUT2D eigenvalue weighted by atomic mass is 9.82. The van der Waals surface area contributed by atoms with Crippen molar-refractivity contribution in [1.29, 1.82) is 0 Å². The summed E-state index contributed by atoms with van der Waals surface area (Å²) in [6, 6.07) is 0.489. The van der Waals surface area contributed by atoms with Gasteiger partial charge in [0.1, 0.15) is 0 Å². The summed E-state index contributed by atoms with van der Waals surface area (Å²) in [5.74, 6) is 0.276. The summed E-state index contributed by atoms with van der Waals surface area (Å²) in [6.07, 6.45) is 5.56. The standard InChI is InChI=1S/C13H26N2O/c1-4-13(7-5-6-8-13)12(16)15-10-9-14-11(2)3/h11,14H,4-10H2,1-3H3,(H,15,16). The van der Waals surface area contributed by atoms with Crippen LogP contribution >= 0.6 is 0 Å². The Morgan fingerprint density at radius 1 is 1.25 bits per heavy atom. The normalized spacial score (nSPS) is 19.0.